The number of nitrogens with one attached hydrogen (secondary N) is 1. The molecular formula is C15H27F2N. The molecule has 2 saturated carbocycles. The molecule has 18 heavy (non-hydrogen) atoms. The Morgan fingerprint density at radius 2 is 1.94 bits per heavy atom. The molecule has 0 spiro atoms. The molecule has 0 amide bonds. The lowest BCUT2D eigenvalue weighted by Crippen LogP contribution is -2.31. The minimum Gasteiger partial charge on any atom is -0.314 e. The standard InChI is InChI=1S/C15H27F2N/c1-14(2,8-9-18-13-5-6-13)10-12-4-3-7-15(16,17)11-12/h12-13,18H,3-11H2,1-2H3. The van der Waals surface area contributed by atoms with E-state index in [1.54, 1.807) is 0 Å². The normalized spacial score (nSPS) is 28.3. The van der Waals surface area contributed by atoms with E-state index in [4.69, 9.17) is 0 Å². The lowest BCUT2D eigenvalue weighted by molar-refractivity contribution is -0.0585. The second-order valence-electron chi connectivity index (χ2n) is 7.17. The topological polar surface area (TPSA) is 12.0 Å². The Morgan fingerprint density at radius 1 is 1.22 bits per heavy atom. The molecule has 2 rings (SSSR count). The van der Waals surface area contributed by atoms with Crippen molar-refractivity contribution in [3.8, 4) is 0 Å². The number of rotatable bonds is 6. The number of halogens is 2. The molecule has 0 bridgehead atoms. The second kappa shape index (κ2) is 5.44. The SMILES string of the molecule is CC(C)(CCNC1CC1)CC1CCCC(F)(F)C1. The van der Waals surface area contributed by atoms with E-state index < -0.39 is 5.92 Å². The molecular weight excluding hydrogens is 232 g/mol. The van der Waals surface area contributed by atoms with Crippen LogP contribution >= 0.6 is 0 Å². The van der Waals surface area contributed by atoms with Gasteiger partial charge in [0.25, 0.3) is 0 Å². The van der Waals surface area contributed by atoms with Crippen molar-refractivity contribution in [2.24, 2.45) is 11.3 Å². The summed E-state index contributed by atoms with van der Waals surface area (Å²) in [6, 6.07) is 0.750. The van der Waals surface area contributed by atoms with Gasteiger partial charge in [-0.3, -0.25) is 0 Å². The van der Waals surface area contributed by atoms with Gasteiger partial charge < -0.3 is 5.32 Å². The van der Waals surface area contributed by atoms with E-state index in [9.17, 15) is 8.78 Å². The molecule has 2 aliphatic carbocycles. The molecule has 3 heteroatoms. The zero-order valence-corrected chi connectivity index (χ0v) is 11.8. The van der Waals surface area contributed by atoms with Crippen molar-refractivity contribution in [2.75, 3.05) is 6.54 Å². The lowest BCUT2D eigenvalue weighted by Gasteiger charge is -2.35. The van der Waals surface area contributed by atoms with Crippen LogP contribution in [-0.4, -0.2) is 18.5 Å². The van der Waals surface area contributed by atoms with Gasteiger partial charge in [0.15, 0.2) is 0 Å². The van der Waals surface area contributed by atoms with E-state index in [1.165, 1.54) is 12.8 Å². The van der Waals surface area contributed by atoms with Crippen LogP contribution in [0.25, 0.3) is 0 Å². The van der Waals surface area contributed by atoms with Crippen molar-refractivity contribution < 1.29 is 8.78 Å². The summed E-state index contributed by atoms with van der Waals surface area (Å²) in [5.41, 5.74) is 0.194. The van der Waals surface area contributed by atoms with Crippen LogP contribution < -0.4 is 5.32 Å². The van der Waals surface area contributed by atoms with Gasteiger partial charge in [0.05, 0.1) is 0 Å². The molecule has 0 radical (unpaired) electrons. The minimum absolute atomic E-state index is 0.104. The van der Waals surface area contributed by atoms with Crippen LogP contribution in [0.15, 0.2) is 0 Å². The Kier molecular flexibility index (Phi) is 4.30. The van der Waals surface area contributed by atoms with Crippen molar-refractivity contribution >= 4 is 0 Å². The smallest absolute Gasteiger partial charge is 0.248 e. The number of hydrogen-bond donors (Lipinski definition) is 1. The summed E-state index contributed by atoms with van der Waals surface area (Å²) in [4.78, 5) is 0. The lowest BCUT2D eigenvalue weighted by atomic mass is 9.74. The van der Waals surface area contributed by atoms with E-state index in [0.717, 1.165) is 31.8 Å². The first kappa shape index (κ1) is 14.2. The monoisotopic (exact) mass is 259 g/mol. The van der Waals surface area contributed by atoms with Crippen molar-refractivity contribution in [1.29, 1.82) is 0 Å². The maximum atomic E-state index is 13.4. The Balaban J connectivity index is 1.71. The fourth-order valence-electron chi connectivity index (χ4n) is 3.24. The first-order valence-corrected chi connectivity index (χ1v) is 7.48. The largest absolute Gasteiger partial charge is 0.314 e. The molecule has 0 saturated heterocycles. The van der Waals surface area contributed by atoms with E-state index in [2.05, 4.69) is 19.2 Å². The maximum absolute atomic E-state index is 13.4. The molecule has 1 unspecified atom stereocenters. The summed E-state index contributed by atoms with van der Waals surface area (Å²) >= 11 is 0. The quantitative estimate of drug-likeness (QED) is 0.747. The van der Waals surface area contributed by atoms with Crippen molar-refractivity contribution in [3.05, 3.63) is 0 Å². The summed E-state index contributed by atoms with van der Waals surface area (Å²) in [6.07, 6.45) is 6.61. The van der Waals surface area contributed by atoms with E-state index >= 15 is 0 Å². The Morgan fingerprint density at radius 3 is 2.56 bits per heavy atom. The average Bonchev–Trinajstić information content (AvgIpc) is 2.98. The van der Waals surface area contributed by atoms with Crippen molar-refractivity contribution in [1.82, 2.24) is 5.32 Å². The summed E-state index contributed by atoms with van der Waals surface area (Å²) in [7, 11) is 0. The fourth-order valence-corrected chi connectivity index (χ4v) is 3.24. The third kappa shape index (κ3) is 4.83. The molecule has 2 aliphatic rings. The third-order valence-corrected chi connectivity index (χ3v) is 4.40. The van der Waals surface area contributed by atoms with Crippen LogP contribution in [0.5, 0.6) is 0 Å². The molecule has 1 N–H and O–H groups in total. The highest BCUT2D eigenvalue weighted by molar-refractivity contribution is 4.85. The van der Waals surface area contributed by atoms with Gasteiger partial charge >= 0.3 is 0 Å². The number of hydrogen-bond acceptors (Lipinski definition) is 1. The van der Waals surface area contributed by atoms with Gasteiger partial charge in [-0.15, -0.1) is 0 Å². The van der Waals surface area contributed by atoms with E-state index in [-0.39, 0.29) is 24.2 Å². The maximum Gasteiger partial charge on any atom is 0.248 e. The van der Waals surface area contributed by atoms with Gasteiger partial charge in [-0.1, -0.05) is 13.8 Å². The van der Waals surface area contributed by atoms with Crippen molar-refractivity contribution in [2.45, 2.75) is 77.2 Å². The summed E-state index contributed by atoms with van der Waals surface area (Å²) in [5, 5.41) is 3.52. The van der Waals surface area contributed by atoms with Crippen LogP contribution in [0.1, 0.15) is 65.2 Å². The van der Waals surface area contributed by atoms with Crippen molar-refractivity contribution in [3.63, 3.8) is 0 Å². The summed E-state index contributed by atoms with van der Waals surface area (Å²) < 4.78 is 26.8. The van der Waals surface area contributed by atoms with Gasteiger partial charge in [0.1, 0.15) is 0 Å². The fraction of sp³-hybridized carbons (Fsp3) is 1.00. The second-order valence-corrected chi connectivity index (χ2v) is 7.17. The van der Waals surface area contributed by atoms with Gasteiger partial charge in [-0.2, -0.15) is 0 Å². The molecule has 1 atom stereocenters. The van der Waals surface area contributed by atoms with Crippen LogP contribution in [0.3, 0.4) is 0 Å². The molecule has 0 aliphatic heterocycles. The van der Waals surface area contributed by atoms with Crippen LogP contribution in [0, 0.1) is 11.3 Å². The van der Waals surface area contributed by atoms with E-state index in [0.29, 0.717) is 6.42 Å². The highest BCUT2D eigenvalue weighted by Gasteiger charge is 2.38. The molecule has 0 aromatic carbocycles. The van der Waals surface area contributed by atoms with Gasteiger partial charge in [-0.25, -0.2) is 8.78 Å². The first-order valence-electron chi connectivity index (χ1n) is 7.48. The molecule has 0 aromatic heterocycles. The molecule has 0 aromatic rings. The average molecular weight is 259 g/mol. The molecule has 106 valence electrons. The summed E-state index contributed by atoms with van der Waals surface area (Å²) in [6.45, 7) is 5.50. The van der Waals surface area contributed by atoms with E-state index in [1.807, 2.05) is 0 Å². The zero-order valence-electron chi connectivity index (χ0n) is 11.8. The van der Waals surface area contributed by atoms with Gasteiger partial charge in [0, 0.05) is 18.9 Å². The zero-order chi connectivity index (χ0) is 13.2. The molecule has 0 heterocycles. The van der Waals surface area contributed by atoms with Crippen LogP contribution in [0.2, 0.25) is 0 Å². The Bertz CT molecular complexity index is 272. The predicted octanol–water partition coefficient (Wildman–Crippen LogP) is 4.37. The van der Waals surface area contributed by atoms with Gasteiger partial charge in [-0.05, 0) is 56.4 Å². The summed E-state index contributed by atoms with van der Waals surface area (Å²) in [5.74, 6) is -2.17. The van der Waals surface area contributed by atoms with Crippen LogP contribution in [0.4, 0.5) is 8.78 Å². The molecule has 1 nitrogen and oxygen atoms in total. The van der Waals surface area contributed by atoms with Gasteiger partial charge in [0.2, 0.25) is 5.92 Å². The minimum atomic E-state index is -2.40. The Labute approximate surface area is 110 Å². The molecule has 2 fully saturated rings. The first-order chi connectivity index (χ1) is 8.36. The number of alkyl halides is 2. The highest BCUT2D eigenvalue weighted by atomic mass is 19.3. The van der Waals surface area contributed by atoms with Crippen LogP contribution in [-0.2, 0) is 0 Å². The Hall–Kier alpha value is -0.180. The third-order valence-electron chi connectivity index (χ3n) is 4.40. The highest BCUT2D eigenvalue weighted by Crippen LogP contribution is 2.42. The predicted molar refractivity (Wildman–Crippen MR) is 70.9 cm³/mol.